The van der Waals surface area contributed by atoms with E-state index in [1.54, 1.807) is 41.6 Å². The van der Waals surface area contributed by atoms with Gasteiger partial charge >= 0.3 is 0 Å². The van der Waals surface area contributed by atoms with Crippen molar-refractivity contribution in [2.24, 2.45) is 0 Å². The molecule has 11 heteroatoms. The van der Waals surface area contributed by atoms with Crippen molar-refractivity contribution in [3.8, 4) is 17.1 Å². The van der Waals surface area contributed by atoms with Gasteiger partial charge in [0.05, 0.1) is 17.1 Å². The molecule has 0 bridgehead atoms. The first-order chi connectivity index (χ1) is 15.2. The van der Waals surface area contributed by atoms with Crippen molar-refractivity contribution in [3.63, 3.8) is 0 Å². The van der Waals surface area contributed by atoms with Crippen LogP contribution in [0.3, 0.4) is 0 Å². The Morgan fingerprint density at radius 1 is 1.16 bits per heavy atom. The largest absolute Gasteiger partial charge is 0.323 e. The molecule has 3 heterocycles. The predicted octanol–water partition coefficient (Wildman–Crippen LogP) is 3.72. The van der Waals surface area contributed by atoms with Crippen LogP contribution in [0.25, 0.3) is 17.1 Å². The van der Waals surface area contributed by atoms with E-state index >= 15 is 0 Å². The fourth-order valence-electron chi connectivity index (χ4n) is 2.99. The smallest absolute Gasteiger partial charge is 0.234 e. The minimum Gasteiger partial charge on any atom is -0.323 e. The molecule has 9 nitrogen and oxygen atoms in total. The molecule has 0 saturated carbocycles. The van der Waals surface area contributed by atoms with Crippen LogP contribution in [0.5, 0.6) is 0 Å². The first-order valence-corrected chi connectivity index (χ1v) is 10.9. The molecule has 0 fully saturated rings. The molecule has 1 N–H and O–H groups in total. The number of aromatic nitrogens is 7. The Morgan fingerprint density at radius 2 is 2.00 bits per heavy atom. The second kappa shape index (κ2) is 9.71. The Kier molecular flexibility index (Phi) is 6.58. The number of carbonyl (C=O) groups is 1. The summed E-state index contributed by atoms with van der Waals surface area (Å²) in [4.78, 5) is 20.7. The summed E-state index contributed by atoms with van der Waals surface area (Å²) in [6.45, 7) is 2.83. The lowest BCUT2D eigenvalue weighted by Gasteiger charge is -2.12. The topological polar surface area (TPSA) is 103 Å². The van der Waals surface area contributed by atoms with Crippen LogP contribution in [0.1, 0.15) is 13.3 Å². The molecule has 4 rings (SSSR count). The summed E-state index contributed by atoms with van der Waals surface area (Å²) in [5, 5.41) is 16.8. The second-order valence-corrected chi connectivity index (χ2v) is 7.91. The van der Waals surface area contributed by atoms with Crippen LogP contribution in [0.4, 0.5) is 5.69 Å². The molecule has 158 valence electrons. The zero-order valence-corrected chi connectivity index (χ0v) is 18.2. The molecule has 1 aromatic carbocycles. The van der Waals surface area contributed by atoms with Crippen molar-refractivity contribution in [2.75, 3.05) is 11.1 Å². The van der Waals surface area contributed by atoms with Gasteiger partial charge in [0, 0.05) is 29.5 Å². The van der Waals surface area contributed by atoms with Gasteiger partial charge in [0.15, 0.2) is 11.0 Å². The number of thioether (sulfide) groups is 1. The maximum Gasteiger partial charge on any atom is 0.234 e. The highest BCUT2D eigenvalue weighted by molar-refractivity contribution is 7.99. The predicted molar refractivity (Wildman–Crippen MR) is 119 cm³/mol. The molecule has 4 aromatic rings. The highest BCUT2D eigenvalue weighted by atomic mass is 35.5. The number of hydrogen-bond donors (Lipinski definition) is 1. The minimum atomic E-state index is -0.190. The normalized spacial score (nSPS) is 10.9. The van der Waals surface area contributed by atoms with Crippen LogP contribution in [-0.4, -0.2) is 46.2 Å². The third kappa shape index (κ3) is 4.92. The van der Waals surface area contributed by atoms with Crippen LogP contribution in [-0.2, 0) is 11.3 Å². The van der Waals surface area contributed by atoms with E-state index in [1.165, 1.54) is 18.1 Å². The molecule has 1 amide bonds. The molecule has 0 spiro atoms. The molecule has 0 aliphatic carbocycles. The molecular weight excluding hydrogens is 436 g/mol. The van der Waals surface area contributed by atoms with Gasteiger partial charge in [-0.1, -0.05) is 30.3 Å². The highest BCUT2D eigenvalue weighted by Crippen LogP contribution is 2.26. The first-order valence-electron chi connectivity index (χ1n) is 9.56. The third-order valence-electron chi connectivity index (χ3n) is 4.33. The average Bonchev–Trinajstić information content (AvgIpc) is 3.44. The van der Waals surface area contributed by atoms with Crippen LogP contribution in [0.2, 0.25) is 5.02 Å². The molecule has 0 aliphatic heterocycles. The van der Waals surface area contributed by atoms with Crippen LogP contribution < -0.4 is 5.32 Å². The number of benzene rings is 1. The van der Waals surface area contributed by atoms with Crippen molar-refractivity contribution in [1.29, 1.82) is 0 Å². The SMILES string of the molecule is CCCn1c(SCC(=O)Nc2cc(Cl)ccc2-n2cncn2)nnc1-c1ccncc1. The molecule has 0 aliphatic rings. The van der Waals surface area contributed by atoms with E-state index < -0.39 is 0 Å². The number of hydrogen-bond acceptors (Lipinski definition) is 7. The Morgan fingerprint density at radius 3 is 2.74 bits per heavy atom. The summed E-state index contributed by atoms with van der Waals surface area (Å²) in [7, 11) is 0. The lowest BCUT2D eigenvalue weighted by Crippen LogP contribution is -2.16. The van der Waals surface area contributed by atoms with Gasteiger partial charge in [-0.2, -0.15) is 5.10 Å². The number of pyridine rings is 1. The molecule has 0 saturated heterocycles. The van der Waals surface area contributed by atoms with Gasteiger partial charge in [-0.25, -0.2) is 9.67 Å². The van der Waals surface area contributed by atoms with Gasteiger partial charge in [-0.3, -0.25) is 9.78 Å². The zero-order chi connectivity index (χ0) is 21.6. The summed E-state index contributed by atoms with van der Waals surface area (Å²) in [6, 6.07) is 8.97. The van der Waals surface area contributed by atoms with Gasteiger partial charge < -0.3 is 9.88 Å². The lowest BCUT2D eigenvalue weighted by molar-refractivity contribution is -0.113. The average molecular weight is 455 g/mol. The van der Waals surface area contributed by atoms with E-state index in [4.69, 9.17) is 11.6 Å². The van der Waals surface area contributed by atoms with E-state index in [0.29, 0.717) is 21.6 Å². The molecule has 3 aromatic heterocycles. The van der Waals surface area contributed by atoms with Crippen LogP contribution >= 0.6 is 23.4 Å². The van der Waals surface area contributed by atoms with Gasteiger partial charge in [0.1, 0.15) is 12.7 Å². The summed E-state index contributed by atoms with van der Waals surface area (Å²) in [6.07, 6.45) is 7.34. The van der Waals surface area contributed by atoms with Crippen molar-refractivity contribution in [3.05, 3.63) is 60.4 Å². The Bertz CT molecular complexity index is 1160. The maximum absolute atomic E-state index is 12.7. The molecule has 31 heavy (non-hydrogen) atoms. The standard InChI is InChI=1S/C20H19ClN8OS/c1-2-9-28-19(14-5-7-22-8-6-14)26-27-20(28)31-11-18(30)25-16-10-15(21)3-4-17(16)29-13-23-12-24-29/h3-8,10,12-13H,2,9,11H2,1H3,(H,25,30). The minimum absolute atomic E-state index is 0.168. The van der Waals surface area contributed by atoms with Gasteiger partial charge in [0.25, 0.3) is 0 Å². The molecule has 0 unspecified atom stereocenters. The number of nitrogens with one attached hydrogen (secondary N) is 1. The van der Waals surface area contributed by atoms with E-state index in [9.17, 15) is 4.79 Å². The Labute approximate surface area is 187 Å². The molecule has 0 radical (unpaired) electrons. The van der Waals surface area contributed by atoms with Gasteiger partial charge in [-0.15, -0.1) is 10.2 Å². The molecule has 0 atom stereocenters. The second-order valence-electron chi connectivity index (χ2n) is 6.53. The fraction of sp³-hybridized carbons (Fsp3) is 0.200. The summed E-state index contributed by atoms with van der Waals surface area (Å²) in [5.74, 6) is 0.738. The summed E-state index contributed by atoms with van der Waals surface area (Å²) >= 11 is 7.45. The quantitative estimate of drug-likeness (QED) is 0.404. The summed E-state index contributed by atoms with van der Waals surface area (Å²) in [5.41, 5.74) is 2.16. The lowest BCUT2D eigenvalue weighted by atomic mass is 10.2. The van der Waals surface area contributed by atoms with E-state index in [2.05, 4.69) is 37.5 Å². The van der Waals surface area contributed by atoms with Crippen molar-refractivity contribution in [1.82, 2.24) is 34.5 Å². The van der Waals surface area contributed by atoms with Crippen LogP contribution in [0, 0.1) is 0 Å². The highest BCUT2D eigenvalue weighted by Gasteiger charge is 2.16. The van der Waals surface area contributed by atoms with E-state index in [-0.39, 0.29) is 11.7 Å². The fourth-order valence-corrected chi connectivity index (χ4v) is 3.93. The number of halogens is 1. The number of carbonyl (C=O) groups excluding carboxylic acids is 1. The third-order valence-corrected chi connectivity index (χ3v) is 5.54. The Balaban J connectivity index is 1.49. The zero-order valence-electron chi connectivity index (χ0n) is 16.6. The van der Waals surface area contributed by atoms with Crippen molar-refractivity contribution >= 4 is 35.0 Å². The van der Waals surface area contributed by atoms with E-state index in [1.807, 2.05) is 16.7 Å². The maximum atomic E-state index is 12.7. The first kappa shape index (κ1) is 21.0. The number of nitrogens with zero attached hydrogens (tertiary/aromatic N) is 7. The monoisotopic (exact) mass is 454 g/mol. The van der Waals surface area contributed by atoms with Crippen molar-refractivity contribution < 1.29 is 4.79 Å². The number of anilines is 1. The number of amides is 1. The van der Waals surface area contributed by atoms with Gasteiger partial charge in [-0.05, 0) is 36.8 Å². The summed E-state index contributed by atoms with van der Waals surface area (Å²) < 4.78 is 3.59. The van der Waals surface area contributed by atoms with Gasteiger partial charge in [0.2, 0.25) is 5.91 Å². The van der Waals surface area contributed by atoms with E-state index in [0.717, 1.165) is 24.4 Å². The Hall–Kier alpha value is -3.24. The van der Waals surface area contributed by atoms with Crippen LogP contribution in [0.15, 0.2) is 60.5 Å². The molecular formula is C20H19ClN8OS. The van der Waals surface area contributed by atoms with Crippen molar-refractivity contribution in [2.45, 2.75) is 25.0 Å². The number of rotatable bonds is 8.